The Kier molecular flexibility index (Phi) is 9.60. The van der Waals surface area contributed by atoms with Crippen molar-refractivity contribution >= 4 is 17.7 Å². The van der Waals surface area contributed by atoms with E-state index in [-0.39, 0.29) is 18.4 Å². The molecule has 0 saturated carbocycles. The number of hydrogen-bond donors (Lipinski definition) is 4. The molecule has 5 N–H and O–H groups in total. The van der Waals surface area contributed by atoms with Gasteiger partial charge >= 0.3 is 0 Å². The number of pyridine rings is 1. The highest BCUT2D eigenvalue weighted by molar-refractivity contribution is 5.94. The number of carbonyl (C=O) groups is 3. The molecule has 2 atom stereocenters. The van der Waals surface area contributed by atoms with Crippen LogP contribution in [0.4, 0.5) is 0 Å². The number of aryl methyl sites for hydroxylation is 2. The summed E-state index contributed by atoms with van der Waals surface area (Å²) in [5.41, 5.74) is 9.95. The molecule has 0 radical (unpaired) electrons. The highest BCUT2D eigenvalue weighted by atomic mass is 16.5. The average Bonchev–Trinajstić information content (AvgIpc) is 3.19. The number of nitrogens with zero attached hydrogens (tertiary/aromatic N) is 2. The number of carbonyl (C=O) groups excluding carboxylic acids is 3. The highest BCUT2D eigenvalue weighted by Crippen LogP contribution is 2.37. The summed E-state index contributed by atoms with van der Waals surface area (Å²) in [6, 6.07) is 10.7. The lowest BCUT2D eigenvalue weighted by Gasteiger charge is -2.29. The van der Waals surface area contributed by atoms with Gasteiger partial charge in [-0.1, -0.05) is 12.1 Å². The number of amides is 3. The molecular formula is C27H37N5O5. The topological polar surface area (TPSA) is 147 Å². The summed E-state index contributed by atoms with van der Waals surface area (Å²) >= 11 is 0. The van der Waals surface area contributed by atoms with Gasteiger partial charge in [-0.2, -0.15) is 0 Å². The summed E-state index contributed by atoms with van der Waals surface area (Å²) < 4.78 is 5.93. The molecule has 2 heterocycles. The van der Waals surface area contributed by atoms with Gasteiger partial charge < -0.3 is 20.7 Å². The van der Waals surface area contributed by atoms with Crippen molar-refractivity contribution in [2.45, 2.75) is 64.5 Å². The van der Waals surface area contributed by atoms with Gasteiger partial charge in [-0.05, 0) is 81.8 Å². The molecule has 1 saturated heterocycles. The molecule has 2 unspecified atom stereocenters. The lowest BCUT2D eigenvalue weighted by molar-refractivity contribution is -0.144. The third-order valence-electron chi connectivity index (χ3n) is 6.82. The van der Waals surface area contributed by atoms with Crippen LogP contribution in [0.25, 0.3) is 0 Å². The van der Waals surface area contributed by atoms with E-state index in [1.165, 1.54) is 0 Å². The number of nitrogens with one attached hydrogen (secondary N) is 2. The number of nitrogens with two attached hydrogens (primary N) is 1. The van der Waals surface area contributed by atoms with Crippen LogP contribution in [0.3, 0.4) is 0 Å². The standard InChI is InChI=1S/C27H37N5O5/c1-18-14-20(15-19(2)30-18)17-37-22-9-7-21(8-10-22)27(3)11-13-32(26(27)35)23(25(34)31-36)6-4-5-12-29-24(33)16-28/h7-10,14-15,23,36H,4-6,11-13,16-17,28H2,1-3H3,(H,29,33)(H,31,34). The predicted molar refractivity (Wildman–Crippen MR) is 138 cm³/mol. The van der Waals surface area contributed by atoms with Gasteiger partial charge in [-0.25, -0.2) is 5.48 Å². The Morgan fingerprint density at radius 3 is 2.49 bits per heavy atom. The van der Waals surface area contributed by atoms with Crippen LogP contribution in [0, 0.1) is 13.8 Å². The Balaban J connectivity index is 1.62. The molecule has 1 aliphatic rings. The predicted octanol–water partition coefficient (Wildman–Crippen LogP) is 1.89. The molecule has 3 rings (SSSR count). The zero-order valence-corrected chi connectivity index (χ0v) is 21.8. The molecule has 1 fully saturated rings. The summed E-state index contributed by atoms with van der Waals surface area (Å²) in [5, 5.41) is 12.0. The van der Waals surface area contributed by atoms with Crippen LogP contribution in [0.15, 0.2) is 36.4 Å². The molecule has 10 nitrogen and oxygen atoms in total. The maximum absolute atomic E-state index is 13.5. The van der Waals surface area contributed by atoms with Crippen LogP contribution in [0.2, 0.25) is 0 Å². The van der Waals surface area contributed by atoms with E-state index in [0.717, 1.165) is 22.5 Å². The first-order valence-corrected chi connectivity index (χ1v) is 12.6. The zero-order chi connectivity index (χ0) is 27.0. The molecule has 1 aromatic carbocycles. The fourth-order valence-corrected chi connectivity index (χ4v) is 4.79. The van der Waals surface area contributed by atoms with Crippen LogP contribution >= 0.6 is 0 Å². The lowest BCUT2D eigenvalue weighted by Crippen LogP contribution is -2.49. The van der Waals surface area contributed by atoms with E-state index >= 15 is 0 Å². The maximum atomic E-state index is 13.5. The van der Waals surface area contributed by atoms with Gasteiger partial charge in [0.05, 0.1) is 12.0 Å². The molecule has 0 spiro atoms. The SMILES string of the molecule is Cc1cc(COc2ccc(C3(C)CCN(C(CCCCNC(=O)CN)C(=O)NO)C3=O)cc2)cc(C)n1. The van der Waals surface area contributed by atoms with Crippen LogP contribution in [-0.2, 0) is 26.4 Å². The van der Waals surface area contributed by atoms with Crippen molar-refractivity contribution in [3.8, 4) is 5.75 Å². The summed E-state index contributed by atoms with van der Waals surface area (Å²) in [5.74, 6) is -0.321. The molecule has 10 heteroatoms. The number of rotatable bonds is 12. The molecule has 37 heavy (non-hydrogen) atoms. The molecule has 2 aromatic rings. The lowest BCUT2D eigenvalue weighted by atomic mass is 9.81. The summed E-state index contributed by atoms with van der Waals surface area (Å²) in [6.07, 6.45) is 2.13. The van der Waals surface area contributed by atoms with E-state index in [1.807, 2.05) is 57.2 Å². The third-order valence-corrected chi connectivity index (χ3v) is 6.82. The Hall–Kier alpha value is -3.50. The summed E-state index contributed by atoms with van der Waals surface area (Å²) in [4.78, 5) is 43.1. The number of unbranched alkanes of at least 4 members (excludes halogenated alkanes) is 1. The second-order valence-electron chi connectivity index (χ2n) is 9.69. The van der Waals surface area contributed by atoms with Crippen molar-refractivity contribution in [1.29, 1.82) is 0 Å². The second kappa shape index (κ2) is 12.6. The first kappa shape index (κ1) is 28.1. The minimum Gasteiger partial charge on any atom is -0.489 e. The minimum atomic E-state index is -0.792. The van der Waals surface area contributed by atoms with Gasteiger partial charge in [0.1, 0.15) is 18.4 Å². The Morgan fingerprint density at radius 2 is 1.86 bits per heavy atom. The van der Waals surface area contributed by atoms with Crippen LogP contribution in [0.5, 0.6) is 5.75 Å². The fraction of sp³-hybridized carbons (Fsp3) is 0.481. The Bertz CT molecular complexity index is 1090. The van der Waals surface area contributed by atoms with E-state index in [1.54, 1.807) is 10.4 Å². The van der Waals surface area contributed by atoms with Crippen molar-refractivity contribution in [3.63, 3.8) is 0 Å². The van der Waals surface area contributed by atoms with E-state index < -0.39 is 17.4 Å². The second-order valence-corrected chi connectivity index (χ2v) is 9.69. The molecular weight excluding hydrogens is 474 g/mol. The minimum absolute atomic E-state index is 0.0757. The third kappa shape index (κ3) is 7.05. The molecule has 0 aliphatic carbocycles. The smallest absolute Gasteiger partial charge is 0.266 e. The Morgan fingerprint density at radius 1 is 1.19 bits per heavy atom. The number of ether oxygens (including phenoxy) is 1. The average molecular weight is 512 g/mol. The van der Waals surface area contributed by atoms with E-state index in [4.69, 9.17) is 10.5 Å². The normalized spacial score (nSPS) is 18.0. The molecule has 1 aliphatic heterocycles. The monoisotopic (exact) mass is 511 g/mol. The summed E-state index contributed by atoms with van der Waals surface area (Å²) in [6.45, 7) is 6.95. The number of hydroxylamine groups is 1. The number of likely N-dealkylation sites (tertiary alicyclic amines) is 1. The summed E-state index contributed by atoms with van der Waals surface area (Å²) in [7, 11) is 0. The first-order valence-electron chi connectivity index (χ1n) is 12.6. The molecule has 0 bridgehead atoms. The van der Waals surface area contributed by atoms with Crippen molar-refractivity contribution in [2.75, 3.05) is 19.6 Å². The Labute approximate surface area is 217 Å². The maximum Gasteiger partial charge on any atom is 0.266 e. The van der Waals surface area contributed by atoms with E-state index in [9.17, 15) is 19.6 Å². The van der Waals surface area contributed by atoms with Crippen LogP contribution in [-0.4, -0.2) is 58.5 Å². The van der Waals surface area contributed by atoms with Gasteiger partial charge in [0, 0.05) is 24.5 Å². The van der Waals surface area contributed by atoms with Crippen molar-refractivity contribution < 1.29 is 24.3 Å². The molecule has 1 aromatic heterocycles. The number of benzene rings is 1. The van der Waals surface area contributed by atoms with Crippen molar-refractivity contribution in [2.24, 2.45) is 5.73 Å². The quantitative estimate of drug-likeness (QED) is 0.193. The van der Waals surface area contributed by atoms with Gasteiger partial charge in [0.15, 0.2) is 0 Å². The highest BCUT2D eigenvalue weighted by Gasteiger charge is 2.47. The van der Waals surface area contributed by atoms with Crippen LogP contribution < -0.4 is 21.3 Å². The van der Waals surface area contributed by atoms with Crippen molar-refractivity contribution in [1.82, 2.24) is 20.7 Å². The van der Waals surface area contributed by atoms with Crippen molar-refractivity contribution in [3.05, 3.63) is 58.9 Å². The zero-order valence-electron chi connectivity index (χ0n) is 21.8. The molecule has 200 valence electrons. The van der Waals surface area contributed by atoms with E-state index in [0.29, 0.717) is 51.1 Å². The van der Waals surface area contributed by atoms with Gasteiger partial charge in [0.25, 0.3) is 5.91 Å². The van der Waals surface area contributed by atoms with Crippen LogP contribution in [0.1, 0.15) is 55.1 Å². The van der Waals surface area contributed by atoms with Gasteiger partial charge in [0.2, 0.25) is 11.8 Å². The van der Waals surface area contributed by atoms with E-state index in [2.05, 4.69) is 10.3 Å². The molecule has 3 amide bonds. The fourth-order valence-electron chi connectivity index (χ4n) is 4.79. The van der Waals surface area contributed by atoms with Gasteiger partial charge in [-0.15, -0.1) is 0 Å². The largest absolute Gasteiger partial charge is 0.489 e. The number of hydrogen-bond acceptors (Lipinski definition) is 7. The first-order chi connectivity index (χ1) is 17.7. The number of aromatic nitrogens is 1. The van der Waals surface area contributed by atoms with Gasteiger partial charge in [-0.3, -0.25) is 24.6 Å².